The Morgan fingerprint density at radius 2 is 1.68 bits per heavy atom. The molecular formula is C14H20N2O3. The van der Waals surface area contributed by atoms with E-state index in [4.69, 9.17) is 4.74 Å². The number of nitrogens with zero attached hydrogens (tertiary/aromatic N) is 1. The number of para-hydroxylation sites is 1. The van der Waals surface area contributed by atoms with Gasteiger partial charge in [0.05, 0.1) is 0 Å². The zero-order valence-corrected chi connectivity index (χ0v) is 11.7. The van der Waals surface area contributed by atoms with Gasteiger partial charge in [-0.2, -0.15) is 0 Å². The molecule has 0 fully saturated rings. The number of benzene rings is 1. The Labute approximate surface area is 113 Å². The molecule has 1 N–H and O–H groups in total. The highest BCUT2D eigenvalue weighted by molar-refractivity contribution is 5.92. The predicted octanol–water partition coefficient (Wildman–Crippen LogP) is 3.01. The zero-order valence-electron chi connectivity index (χ0n) is 11.7. The van der Waals surface area contributed by atoms with E-state index in [2.05, 4.69) is 5.32 Å². The normalized spacial score (nSPS) is 10.4. The Hall–Kier alpha value is -2.04. The molecule has 0 heterocycles. The van der Waals surface area contributed by atoms with Crippen LogP contribution in [0.5, 0.6) is 5.75 Å². The minimum atomic E-state index is -0.681. The number of urea groups is 1. The Kier molecular flexibility index (Phi) is 5.36. The highest BCUT2D eigenvalue weighted by Crippen LogP contribution is 2.12. The van der Waals surface area contributed by atoms with Gasteiger partial charge in [-0.05, 0) is 39.8 Å². The fraction of sp³-hybridized carbons (Fsp3) is 0.429. The second-order valence-corrected chi connectivity index (χ2v) is 4.75. The van der Waals surface area contributed by atoms with Gasteiger partial charge in [-0.15, -0.1) is 0 Å². The largest absolute Gasteiger partial charge is 0.423 e. The van der Waals surface area contributed by atoms with E-state index in [1.807, 2.05) is 19.9 Å². The molecule has 0 spiro atoms. The SMILES string of the molecule is CC(C)NC(=O)N(C(=O)Oc1ccccc1)C(C)C. The summed E-state index contributed by atoms with van der Waals surface area (Å²) in [6.07, 6.45) is -0.681. The van der Waals surface area contributed by atoms with Crippen molar-refractivity contribution in [1.82, 2.24) is 10.2 Å². The number of carbonyl (C=O) groups excluding carboxylic acids is 2. The van der Waals surface area contributed by atoms with Crippen LogP contribution in [0.4, 0.5) is 9.59 Å². The molecule has 0 aliphatic heterocycles. The molecule has 1 rings (SSSR count). The number of nitrogens with one attached hydrogen (secondary N) is 1. The first-order chi connectivity index (χ1) is 8.91. The van der Waals surface area contributed by atoms with Gasteiger partial charge >= 0.3 is 12.1 Å². The molecule has 0 saturated heterocycles. The molecule has 0 saturated carbocycles. The third kappa shape index (κ3) is 4.62. The molecule has 5 nitrogen and oxygen atoms in total. The number of carbonyl (C=O) groups is 2. The average molecular weight is 264 g/mol. The van der Waals surface area contributed by atoms with Gasteiger partial charge in [0.2, 0.25) is 0 Å². The van der Waals surface area contributed by atoms with Gasteiger partial charge in [0.25, 0.3) is 0 Å². The average Bonchev–Trinajstić information content (AvgIpc) is 2.28. The summed E-state index contributed by atoms with van der Waals surface area (Å²) >= 11 is 0. The molecule has 0 atom stereocenters. The maximum absolute atomic E-state index is 12.0. The molecule has 0 aliphatic rings. The maximum atomic E-state index is 12.0. The number of imide groups is 1. The molecule has 1 aromatic rings. The van der Waals surface area contributed by atoms with Crippen molar-refractivity contribution >= 4 is 12.1 Å². The zero-order chi connectivity index (χ0) is 14.4. The summed E-state index contributed by atoms with van der Waals surface area (Å²) in [7, 11) is 0. The van der Waals surface area contributed by atoms with E-state index in [1.54, 1.807) is 38.1 Å². The lowest BCUT2D eigenvalue weighted by Crippen LogP contribution is -2.50. The number of amides is 3. The summed E-state index contributed by atoms with van der Waals surface area (Å²) in [6.45, 7) is 7.18. The van der Waals surface area contributed by atoms with Gasteiger partial charge in [0.1, 0.15) is 5.75 Å². The Morgan fingerprint density at radius 3 is 2.16 bits per heavy atom. The molecule has 19 heavy (non-hydrogen) atoms. The summed E-state index contributed by atoms with van der Waals surface area (Å²) in [4.78, 5) is 25.0. The molecule has 0 unspecified atom stereocenters. The van der Waals surface area contributed by atoms with Crippen LogP contribution in [0.3, 0.4) is 0 Å². The number of hydrogen-bond acceptors (Lipinski definition) is 3. The minimum absolute atomic E-state index is 0.0433. The third-order valence-electron chi connectivity index (χ3n) is 2.29. The standard InChI is InChI=1S/C14H20N2O3/c1-10(2)15-13(17)16(11(3)4)14(18)19-12-8-6-5-7-9-12/h5-11H,1-4H3,(H,15,17). The summed E-state index contributed by atoms with van der Waals surface area (Å²) in [6, 6.07) is 7.89. The van der Waals surface area contributed by atoms with E-state index in [9.17, 15) is 9.59 Å². The van der Waals surface area contributed by atoms with Gasteiger partial charge in [0, 0.05) is 12.1 Å². The van der Waals surface area contributed by atoms with Gasteiger partial charge in [-0.25, -0.2) is 14.5 Å². The van der Waals surface area contributed by atoms with Crippen molar-refractivity contribution in [3.63, 3.8) is 0 Å². The molecule has 5 heteroatoms. The van der Waals surface area contributed by atoms with E-state index >= 15 is 0 Å². The Morgan fingerprint density at radius 1 is 1.11 bits per heavy atom. The second-order valence-electron chi connectivity index (χ2n) is 4.75. The van der Waals surface area contributed by atoms with Crippen molar-refractivity contribution in [3.05, 3.63) is 30.3 Å². The van der Waals surface area contributed by atoms with E-state index in [-0.39, 0.29) is 12.1 Å². The second kappa shape index (κ2) is 6.78. The van der Waals surface area contributed by atoms with Crippen LogP contribution in [0.15, 0.2) is 30.3 Å². The van der Waals surface area contributed by atoms with Crippen molar-refractivity contribution in [2.45, 2.75) is 39.8 Å². The molecule has 1 aromatic carbocycles. The molecule has 0 radical (unpaired) electrons. The van der Waals surface area contributed by atoms with Crippen LogP contribution in [0.1, 0.15) is 27.7 Å². The lowest BCUT2D eigenvalue weighted by atomic mass is 10.3. The summed E-state index contributed by atoms with van der Waals surface area (Å²) < 4.78 is 5.17. The first kappa shape index (κ1) is 15.0. The summed E-state index contributed by atoms with van der Waals surface area (Å²) in [5, 5.41) is 2.68. The highest BCUT2D eigenvalue weighted by atomic mass is 16.6. The van der Waals surface area contributed by atoms with Crippen LogP contribution in [-0.4, -0.2) is 29.1 Å². The van der Waals surface area contributed by atoms with E-state index in [0.29, 0.717) is 5.75 Å². The lowest BCUT2D eigenvalue weighted by molar-refractivity contribution is 0.142. The van der Waals surface area contributed by atoms with Crippen LogP contribution in [-0.2, 0) is 0 Å². The van der Waals surface area contributed by atoms with Crippen LogP contribution in [0.2, 0.25) is 0 Å². The minimum Gasteiger partial charge on any atom is -0.410 e. The monoisotopic (exact) mass is 264 g/mol. The van der Waals surface area contributed by atoms with Crippen molar-refractivity contribution in [3.8, 4) is 5.75 Å². The maximum Gasteiger partial charge on any atom is 0.423 e. The molecular weight excluding hydrogens is 244 g/mol. The van der Waals surface area contributed by atoms with Gasteiger partial charge in [-0.3, -0.25) is 0 Å². The Bertz CT molecular complexity index is 430. The van der Waals surface area contributed by atoms with Crippen molar-refractivity contribution in [1.29, 1.82) is 0 Å². The topological polar surface area (TPSA) is 58.6 Å². The summed E-state index contributed by atoms with van der Waals surface area (Å²) in [5.74, 6) is 0.412. The molecule has 104 valence electrons. The van der Waals surface area contributed by atoms with Crippen molar-refractivity contribution < 1.29 is 14.3 Å². The third-order valence-corrected chi connectivity index (χ3v) is 2.29. The molecule has 0 aromatic heterocycles. The van der Waals surface area contributed by atoms with Crippen LogP contribution in [0, 0.1) is 0 Å². The first-order valence-electron chi connectivity index (χ1n) is 6.28. The number of rotatable bonds is 3. The van der Waals surface area contributed by atoms with Crippen molar-refractivity contribution in [2.24, 2.45) is 0 Å². The molecule has 0 bridgehead atoms. The number of hydrogen-bond donors (Lipinski definition) is 1. The number of ether oxygens (including phenoxy) is 1. The van der Waals surface area contributed by atoms with Crippen LogP contribution in [0.25, 0.3) is 0 Å². The fourth-order valence-electron chi connectivity index (χ4n) is 1.48. The van der Waals surface area contributed by atoms with E-state index in [0.717, 1.165) is 4.90 Å². The van der Waals surface area contributed by atoms with E-state index < -0.39 is 12.1 Å². The van der Waals surface area contributed by atoms with Gasteiger partial charge in [0.15, 0.2) is 0 Å². The van der Waals surface area contributed by atoms with E-state index in [1.165, 1.54) is 0 Å². The summed E-state index contributed by atoms with van der Waals surface area (Å²) in [5.41, 5.74) is 0. The predicted molar refractivity (Wildman–Crippen MR) is 73.1 cm³/mol. The smallest absolute Gasteiger partial charge is 0.410 e. The van der Waals surface area contributed by atoms with Gasteiger partial charge in [-0.1, -0.05) is 18.2 Å². The van der Waals surface area contributed by atoms with Crippen molar-refractivity contribution in [2.75, 3.05) is 0 Å². The van der Waals surface area contributed by atoms with Crippen LogP contribution < -0.4 is 10.1 Å². The van der Waals surface area contributed by atoms with Gasteiger partial charge < -0.3 is 10.1 Å². The quantitative estimate of drug-likeness (QED) is 0.913. The first-order valence-corrected chi connectivity index (χ1v) is 6.28. The highest BCUT2D eigenvalue weighted by Gasteiger charge is 2.26. The van der Waals surface area contributed by atoms with Crippen LogP contribution >= 0.6 is 0 Å². The molecule has 0 aliphatic carbocycles. The Balaban J connectivity index is 2.76. The lowest BCUT2D eigenvalue weighted by Gasteiger charge is -2.25. The molecule has 3 amide bonds. The fourth-order valence-corrected chi connectivity index (χ4v) is 1.48.